The van der Waals surface area contributed by atoms with Gasteiger partial charge in [-0.2, -0.15) is 17.9 Å². The number of esters is 1. The average molecular weight is 455 g/mol. The first kappa shape index (κ1) is 22.4. The minimum absolute atomic E-state index is 0.157. The number of rotatable bonds is 6. The number of pyridine rings is 1. The Labute approximate surface area is 174 Å². The number of hydrogen-bond donors (Lipinski definition) is 1. The van der Waals surface area contributed by atoms with E-state index in [-0.39, 0.29) is 17.9 Å². The van der Waals surface area contributed by atoms with Crippen molar-refractivity contribution in [3.63, 3.8) is 0 Å². The fourth-order valence-electron chi connectivity index (χ4n) is 2.72. The Morgan fingerprint density at radius 2 is 1.87 bits per heavy atom. The summed E-state index contributed by atoms with van der Waals surface area (Å²) in [6.45, 7) is 0.528. The second-order valence-electron chi connectivity index (χ2n) is 6.46. The molecule has 164 valence electrons. The summed E-state index contributed by atoms with van der Waals surface area (Å²) in [6.07, 6.45) is -4.71. The first-order valence-electron chi connectivity index (χ1n) is 8.78. The normalized spacial score (nSPS) is 12.1. The number of alkyl halides is 3. The Balaban J connectivity index is 1.64. The Hall–Kier alpha value is -3.25. The summed E-state index contributed by atoms with van der Waals surface area (Å²) < 4.78 is 70.8. The minimum atomic E-state index is -4.71. The number of aryl methyl sites for hydroxylation is 1. The van der Waals surface area contributed by atoms with Gasteiger partial charge in [0.1, 0.15) is 18.8 Å². The lowest BCUT2D eigenvalue weighted by molar-refractivity contribution is -0.143. The number of nitrogens with zero attached hydrogens (tertiary/aromatic N) is 2. The fourth-order valence-corrected chi connectivity index (χ4v) is 3.73. The van der Waals surface area contributed by atoms with Gasteiger partial charge in [0.2, 0.25) is 10.0 Å². The Morgan fingerprint density at radius 1 is 1.16 bits per heavy atom. The second kappa shape index (κ2) is 8.47. The molecule has 0 aliphatic rings. The Morgan fingerprint density at radius 3 is 2.58 bits per heavy atom. The molecular weight excluding hydrogens is 439 g/mol. The molecule has 0 amide bonds. The van der Waals surface area contributed by atoms with E-state index in [1.807, 2.05) is 4.72 Å². The second-order valence-corrected chi connectivity index (χ2v) is 8.22. The highest BCUT2D eigenvalue weighted by molar-refractivity contribution is 7.89. The van der Waals surface area contributed by atoms with Crippen LogP contribution in [0.1, 0.15) is 17.0 Å². The number of nitrogens with one attached hydrogen (secondary N) is 1. The van der Waals surface area contributed by atoms with Crippen molar-refractivity contribution in [1.29, 1.82) is 0 Å². The van der Waals surface area contributed by atoms with Crippen molar-refractivity contribution < 1.29 is 31.1 Å². The number of carbonyl (C=O) groups excluding carboxylic acids is 1. The SMILES string of the molecule is Cc1cccc2nc(COC(=O)CNS(=O)(=O)c3cccc(C(F)(F)F)c3)cc(=O)n12. The third kappa shape index (κ3) is 5.27. The maximum absolute atomic E-state index is 12.8. The van der Waals surface area contributed by atoms with Crippen molar-refractivity contribution in [1.82, 2.24) is 14.1 Å². The van der Waals surface area contributed by atoms with E-state index in [1.54, 1.807) is 25.1 Å². The van der Waals surface area contributed by atoms with Gasteiger partial charge in [0.05, 0.1) is 16.2 Å². The van der Waals surface area contributed by atoms with E-state index in [0.717, 1.165) is 18.2 Å². The number of sulfonamides is 1. The van der Waals surface area contributed by atoms with Crippen LogP contribution >= 0.6 is 0 Å². The Bertz CT molecular complexity index is 1300. The van der Waals surface area contributed by atoms with Crippen molar-refractivity contribution >= 4 is 21.6 Å². The molecule has 31 heavy (non-hydrogen) atoms. The van der Waals surface area contributed by atoms with E-state index in [1.165, 1.54) is 10.5 Å². The van der Waals surface area contributed by atoms with Crippen LogP contribution in [0.15, 0.2) is 58.2 Å². The molecule has 0 saturated carbocycles. The maximum atomic E-state index is 12.8. The molecule has 3 rings (SSSR count). The van der Waals surface area contributed by atoms with Crippen LogP contribution in [0.4, 0.5) is 13.2 Å². The summed E-state index contributed by atoms with van der Waals surface area (Å²) >= 11 is 0. The molecule has 0 radical (unpaired) electrons. The van der Waals surface area contributed by atoms with Gasteiger partial charge in [-0.3, -0.25) is 14.0 Å². The lowest BCUT2D eigenvalue weighted by atomic mass is 10.2. The molecule has 2 heterocycles. The van der Waals surface area contributed by atoms with Crippen LogP contribution in [0.3, 0.4) is 0 Å². The molecule has 12 heteroatoms. The highest BCUT2D eigenvalue weighted by Gasteiger charge is 2.31. The summed E-state index contributed by atoms with van der Waals surface area (Å²) in [4.78, 5) is 27.6. The summed E-state index contributed by atoms with van der Waals surface area (Å²) in [5.74, 6) is -0.998. The number of benzene rings is 1. The number of carbonyl (C=O) groups is 1. The fraction of sp³-hybridized carbons (Fsp3) is 0.211. The first-order chi connectivity index (χ1) is 14.5. The molecule has 2 aromatic heterocycles. The number of fused-ring (bicyclic) bond motifs is 1. The molecule has 0 saturated heterocycles. The smallest absolute Gasteiger partial charge is 0.416 e. The maximum Gasteiger partial charge on any atom is 0.416 e. The monoisotopic (exact) mass is 455 g/mol. The molecule has 0 aliphatic heterocycles. The molecule has 3 aromatic rings. The van der Waals surface area contributed by atoms with Crippen LogP contribution in [0, 0.1) is 6.92 Å². The molecule has 0 fully saturated rings. The summed E-state index contributed by atoms with van der Waals surface area (Å²) in [6, 6.07) is 9.32. The standard InChI is InChI=1S/C19H16F3N3O5S/c1-12-4-2-7-16-24-14(9-17(26)25(12)16)11-30-18(27)10-23-31(28,29)15-6-3-5-13(8-15)19(20,21)22/h2-9,23H,10-11H2,1H3. The lowest BCUT2D eigenvalue weighted by Gasteiger charge is -2.10. The topological polar surface area (TPSA) is 107 Å². The molecule has 1 aromatic carbocycles. The molecule has 0 spiro atoms. The van der Waals surface area contributed by atoms with Gasteiger partial charge < -0.3 is 4.74 Å². The largest absolute Gasteiger partial charge is 0.458 e. The van der Waals surface area contributed by atoms with Crippen LogP contribution in [0.2, 0.25) is 0 Å². The summed E-state index contributed by atoms with van der Waals surface area (Å²) in [5.41, 5.74) is -0.336. The van der Waals surface area contributed by atoms with E-state index in [2.05, 4.69) is 4.98 Å². The average Bonchev–Trinajstić information content (AvgIpc) is 2.70. The van der Waals surface area contributed by atoms with Gasteiger partial charge in [-0.1, -0.05) is 12.1 Å². The Kier molecular flexibility index (Phi) is 6.13. The van der Waals surface area contributed by atoms with Gasteiger partial charge in [-0.25, -0.2) is 13.4 Å². The van der Waals surface area contributed by atoms with E-state index >= 15 is 0 Å². The molecule has 1 N–H and O–H groups in total. The first-order valence-corrected chi connectivity index (χ1v) is 10.3. The van der Waals surface area contributed by atoms with Gasteiger partial charge in [0.15, 0.2) is 0 Å². The van der Waals surface area contributed by atoms with E-state index < -0.39 is 39.2 Å². The number of halogens is 3. The van der Waals surface area contributed by atoms with Crippen LogP contribution < -0.4 is 10.3 Å². The van der Waals surface area contributed by atoms with Crippen molar-refractivity contribution in [3.8, 4) is 0 Å². The predicted molar refractivity (Wildman–Crippen MR) is 103 cm³/mol. The van der Waals surface area contributed by atoms with Gasteiger partial charge in [0.25, 0.3) is 5.56 Å². The number of hydrogen-bond acceptors (Lipinski definition) is 6. The zero-order chi connectivity index (χ0) is 22.8. The van der Waals surface area contributed by atoms with Gasteiger partial charge in [-0.05, 0) is 37.3 Å². The van der Waals surface area contributed by atoms with Crippen LogP contribution in [0.5, 0.6) is 0 Å². The third-order valence-electron chi connectivity index (χ3n) is 4.19. The van der Waals surface area contributed by atoms with Crippen molar-refractivity contribution in [2.45, 2.75) is 24.6 Å². The van der Waals surface area contributed by atoms with Gasteiger partial charge in [-0.15, -0.1) is 0 Å². The minimum Gasteiger partial charge on any atom is -0.458 e. The highest BCUT2D eigenvalue weighted by Crippen LogP contribution is 2.30. The molecular formula is C19H16F3N3O5S. The molecule has 8 nitrogen and oxygen atoms in total. The van der Waals surface area contributed by atoms with Crippen molar-refractivity contribution in [2.75, 3.05) is 6.54 Å². The predicted octanol–water partition coefficient (Wildman–Crippen LogP) is 2.04. The number of aromatic nitrogens is 2. The summed E-state index contributed by atoms with van der Waals surface area (Å²) in [7, 11) is -4.38. The number of ether oxygens (including phenoxy) is 1. The molecule has 0 bridgehead atoms. The van der Waals surface area contributed by atoms with E-state index in [0.29, 0.717) is 17.4 Å². The van der Waals surface area contributed by atoms with Crippen molar-refractivity contribution in [3.05, 3.63) is 75.8 Å². The van der Waals surface area contributed by atoms with Crippen molar-refractivity contribution in [2.24, 2.45) is 0 Å². The van der Waals surface area contributed by atoms with Crippen LogP contribution in [-0.4, -0.2) is 30.3 Å². The highest BCUT2D eigenvalue weighted by atomic mass is 32.2. The lowest BCUT2D eigenvalue weighted by Crippen LogP contribution is -2.31. The molecule has 0 unspecified atom stereocenters. The van der Waals surface area contributed by atoms with E-state index in [9.17, 15) is 31.2 Å². The van der Waals surface area contributed by atoms with E-state index in [4.69, 9.17) is 4.74 Å². The molecule has 0 aliphatic carbocycles. The quantitative estimate of drug-likeness (QED) is 0.570. The van der Waals surface area contributed by atoms with Gasteiger partial charge in [0, 0.05) is 11.8 Å². The zero-order valence-electron chi connectivity index (χ0n) is 16.0. The van der Waals surface area contributed by atoms with Crippen LogP contribution in [0.25, 0.3) is 5.65 Å². The third-order valence-corrected chi connectivity index (χ3v) is 5.59. The van der Waals surface area contributed by atoms with Gasteiger partial charge >= 0.3 is 12.1 Å². The zero-order valence-corrected chi connectivity index (χ0v) is 16.8. The molecule has 0 atom stereocenters. The summed E-state index contributed by atoms with van der Waals surface area (Å²) in [5, 5.41) is 0. The van der Waals surface area contributed by atoms with Crippen LogP contribution in [-0.2, 0) is 32.3 Å².